The second-order valence-corrected chi connectivity index (χ2v) is 9.04. The molecule has 0 bridgehead atoms. The Morgan fingerprint density at radius 1 is 1.07 bits per heavy atom. The summed E-state index contributed by atoms with van der Waals surface area (Å²) in [5, 5.41) is 13.7. The molecule has 0 aliphatic carbocycles. The third-order valence-corrected chi connectivity index (χ3v) is 6.73. The summed E-state index contributed by atoms with van der Waals surface area (Å²) in [5.41, 5.74) is 0.832. The Morgan fingerprint density at radius 3 is 2.22 bits per heavy atom. The van der Waals surface area contributed by atoms with Crippen molar-refractivity contribution in [3.05, 3.63) is 64.1 Å². The van der Waals surface area contributed by atoms with Crippen LogP contribution in [-0.4, -0.2) is 42.4 Å². The SMILES string of the molecule is O=C(NCc1ccc(Cl)cc1)[C@@H]1C[C@@H](O)CN1S(=O)(=O)c1ccc(Cl)cc1. The van der Waals surface area contributed by atoms with E-state index in [1.54, 1.807) is 24.3 Å². The normalized spacial score (nSPS) is 20.6. The number of β-amino-alcohol motifs (C(OH)–C–C–N with tert-alkyl or cyclic N) is 1. The van der Waals surface area contributed by atoms with E-state index in [0.717, 1.165) is 9.87 Å². The molecule has 1 saturated heterocycles. The third kappa shape index (κ3) is 4.62. The first-order valence-corrected chi connectivity index (χ1v) is 10.4. The second-order valence-electron chi connectivity index (χ2n) is 6.28. The minimum atomic E-state index is -3.93. The molecule has 6 nitrogen and oxygen atoms in total. The molecule has 2 aromatic rings. The molecule has 0 radical (unpaired) electrons. The topological polar surface area (TPSA) is 86.7 Å². The maximum Gasteiger partial charge on any atom is 0.243 e. The summed E-state index contributed by atoms with van der Waals surface area (Å²) in [4.78, 5) is 12.6. The van der Waals surface area contributed by atoms with Gasteiger partial charge in [0.25, 0.3) is 0 Å². The van der Waals surface area contributed by atoms with Crippen LogP contribution in [0.3, 0.4) is 0 Å². The molecule has 0 saturated carbocycles. The van der Waals surface area contributed by atoms with Gasteiger partial charge < -0.3 is 10.4 Å². The number of halogens is 2. The Bertz CT molecular complexity index is 917. The standard InChI is InChI=1S/C18H18Cl2N2O4S/c19-13-3-1-12(2-4-13)10-21-18(24)17-9-15(23)11-22(17)27(25,26)16-7-5-14(20)6-8-16/h1-8,15,17,23H,9-11H2,(H,21,24)/t15-,17+/m1/s1. The highest BCUT2D eigenvalue weighted by Gasteiger charge is 2.43. The second kappa shape index (κ2) is 8.16. The van der Waals surface area contributed by atoms with Gasteiger partial charge in [-0.3, -0.25) is 4.79 Å². The van der Waals surface area contributed by atoms with Gasteiger partial charge in [-0.15, -0.1) is 0 Å². The molecule has 1 aliphatic rings. The number of sulfonamides is 1. The fraction of sp³-hybridized carbons (Fsp3) is 0.278. The Labute approximate surface area is 167 Å². The van der Waals surface area contributed by atoms with E-state index in [4.69, 9.17) is 23.2 Å². The fourth-order valence-corrected chi connectivity index (χ4v) is 4.83. The Kier molecular flexibility index (Phi) is 6.08. The van der Waals surface area contributed by atoms with E-state index in [0.29, 0.717) is 10.0 Å². The van der Waals surface area contributed by atoms with Crippen molar-refractivity contribution in [2.45, 2.75) is 30.0 Å². The Hall–Kier alpha value is -1.64. The average Bonchev–Trinajstić information content (AvgIpc) is 3.04. The number of amides is 1. The van der Waals surface area contributed by atoms with Gasteiger partial charge >= 0.3 is 0 Å². The van der Waals surface area contributed by atoms with Crippen molar-refractivity contribution in [1.29, 1.82) is 0 Å². The summed E-state index contributed by atoms with van der Waals surface area (Å²) >= 11 is 11.6. The molecule has 1 fully saturated rings. The predicted octanol–water partition coefficient (Wildman–Crippen LogP) is 2.43. The number of hydrogen-bond acceptors (Lipinski definition) is 4. The maximum absolute atomic E-state index is 12.9. The van der Waals surface area contributed by atoms with Gasteiger partial charge in [-0.2, -0.15) is 4.31 Å². The molecule has 2 aromatic carbocycles. The van der Waals surface area contributed by atoms with Crippen molar-refractivity contribution in [2.24, 2.45) is 0 Å². The van der Waals surface area contributed by atoms with E-state index in [9.17, 15) is 18.3 Å². The lowest BCUT2D eigenvalue weighted by atomic mass is 10.2. The monoisotopic (exact) mass is 428 g/mol. The number of hydrogen-bond donors (Lipinski definition) is 2. The maximum atomic E-state index is 12.9. The fourth-order valence-electron chi connectivity index (χ4n) is 2.94. The molecule has 1 aliphatic heterocycles. The summed E-state index contributed by atoms with van der Waals surface area (Å²) in [6.45, 7) is 0.0986. The number of aliphatic hydroxyl groups is 1. The molecule has 27 heavy (non-hydrogen) atoms. The molecule has 2 atom stereocenters. The van der Waals surface area contributed by atoms with Crippen LogP contribution in [0.1, 0.15) is 12.0 Å². The summed E-state index contributed by atoms with van der Waals surface area (Å²) < 4.78 is 26.8. The number of carbonyl (C=O) groups is 1. The zero-order valence-corrected chi connectivity index (χ0v) is 16.5. The molecule has 0 spiro atoms. The minimum Gasteiger partial charge on any atom is -0.392 e. The highest BCUT2D eigenvalue weighted by Crippen LogP contribution is 2.27. The van der Waals surface area contributed by atoms with Crippen LogP contribution < -0.4 is 5.32 Å². The number of aliphatic hydroxyl groups excluding tert-OH is 1. The highest BCUT2D eigenvalue weighted by molar-refractivity contribution is 7.89. The van der Waals surface area contributed by atoms with Crippen LogP contribution >= 0.6 is 23.2 Å². The van der Waals surface area contributed by atoms with E-state index in [2.05, 4.69) is 5.32 Å². The molecule has 0 aromatic heterocycles. The van der Waals surface area contributed by atoms with Gasteiger partial charge in [0.15, 0.2) is 0 Å². The van der Waals surface area contributed by atoms with Crippen molar-refractivity contribution in [2.75, 3.05) is 6.54 Å². The van der Waals surface area contributed by atoms with E-state index >= 15 is 0 Å². The first kappa shape index (κ1) is 20.1. The first-order chi connectivity index (χ1) is 12.8. The highest BCUT2D eigenvalue weighted by atomic mass is 35.5. The van der Waals surface area contributed by atoms with Crippen LogP contribution in [0.25, 0.3) is 0 Å². The molecule has 3 rings (SSSR count). The van der Waals surface area contributed by atoms with Gasteiger partial charge in [-0.25, -0.2) is 8.42 Å². The van der Waals surface area contributed by atoms with Crippen LogP contribution in [0.5, 0.6) is 0 Å². The number of nitrogens with one attached hydrogen (secondary N) is 1. The predicted molar refractivity (Wildman–Crippen MR) is 103 cm³/mol. The molecule has 9 heteroatoms. The van der Waals surface area contributed by atoms with Gasteiger partial charge in [0.1, 0.15) is 6.04 Å². The van der Waals surface area contributed by atoms with Crippen molar-refractivity contribution in [3.63, 3.8) is 0 Å². The molecular weight excluding hydrogens is 411 g/mol. The lowest BCUT2D eigenvalue weighted by Crippen LogP contribution is -2.45. The first-order valence-electron chi connectivity index (χ1n) is 8.25. The molecule has 1 heterocycles. The number of rotatable bonds is 5. The van der Waals surface area contributed by atoms with Crippen LogP contribution in [0.2, 0.25) is 10.0 Å². The van der Waals surface area contributed by atoms with Crippen molar-refractivity contribution in [1.82, 2.24) is 9.62 Å². The summed E-state index contributed by atoms with van der Waals surface area (Å²) in [7, 11) is -3.93. The van der Waals surface area contributed by atoms with Crippen LogP contribution in [0.4, 0.5) is 0 Å². The lowest BCUT2D eigenvalue weighted by Gasteiger charge is -2.23. The molecule has 0 unspecified atom stereocenters. The van der Waals surface area contributed by atoms with Crippen molar-refractivity contribution in [3.8, 4) is 0 Å². The molecule has 1 amide bonds. The smallest absolute Gasteiger partial charge is 0.243 e. The zero-order chi connectivity index (χ0) is 19.6. The molecular formula is C18H18Cl2N2O4S. The van der Waals surface area contributed by atoms with Crippen LogP contribution in [0, 0.1) is 0 Å². The van der Waals surface area contributed by atoms with Gasteiger partial charge in [0.05, 0.1) is 11.0 Å². The van der Waals surface area contributed by atoms with Gasteiger partial charge in [0.2, 0.25) is 15.9 Å². The average molecular weight is 429 g/mol. The summed E-state index contributed by atoms with van der Waals surface area (Å²) in [6.07, 6.45) is -0.863. The lowest BCUT2D eigenvalue weighted by molar-refractivity contribution is -0.124. The summed E-state index contributed by atoms with van der Waals surface area (Å²) in [5.74, 6) is -0.459. The number of benzene rings is 2. The van der Waals surface area contributed by atoms with Crippen molar-refractivity contribution < 1.29 is 18.3 Å². The van der Waals surface area contributed by atoms with E-state index in [-0.39, 0.29) is 24.4 Å². The number of carbonyl (C=O) groups excluding carboxylic acids is 1. The van der Waals surface area contributed by atoms with Gasteiger partial charge in [0, 0.05) is 29.6 Å². The van der Waals surface area contributed by atoms with E-state index in [1.807, 2.05) is 0 Å². The summed E-state index contributed by atoms with van der Waals surface area (Å²) in [6, 6.07) is 11.7. The van der Waals surface area contributed by atoms with Crippen molar-refractivity contribution >= 4 is 39.1 Å². The van der Waals surface area contributed by atoms with E-state index < -0.39 is 28.1 Å². The van der Waals surface area contributed by atoms with Gasteiger partial charge in [-0.1, -0.05) is 35.3 Å². The number of nitrogens with zero attached hydrogens (tertiary/aromatic N) is 1. The minimum absolute atomic E-state index is 0.0245. The van der Waals surface area contributed by atoms with E-state index in [1.165, 1.54) is 24.3 Å². The van der Waals surface area contributed by atoms with Gasteiger partial charge in [-0.05, 0) is 42.0 Å². The Balaban J connectivity index is 1.75. The largest absolute Gasteiger partial charge is 0.392 e. The third-order valence-electron chi connectivity index (χ3n) is 4.34. The zero-order valence-electron chi connectivity index (χ0n) is 14.2. The van der Waals surface area contributed by atoms with Crippen LogP contribution in [0.15, 0.2) is 53.4 Å². The Morgan fingerprint density at radius 2 is 1.63 bits per heavy atom. The molecule has 2 N–H and O–H groups in total. The quantitative estimate of drug-likeness (QED) is 0.765. The van der Waals surface area contributed by atoms with Crippen LogP contribution in [-0.2, 0) is 21.4 Å². The molecule has 144 valence electrons.